The van der Waals surface area contributed by atoms with E-state index in [-0.39, 0.29) is 23.3 Å². The fourth-order valence-electron chi connectivity index (χ4n) is 3.07. The lowest BCUT2D eigenvalue weighted by Gasteiger charge is -2.38. The molecule has 2 aliphatic rings. The average molecular weight is 366 g/mol. The van der Waals surface area contributed by atoms with Crippen molar-refractivity contribution >= 4 is 23.3 Å². The van der Waals surface area contributed by atoms with E-state index in [9.17, 15) is 13.6 Å². The molecule has 4 nitrogen and oxygen atoms in total. The first-order valence-electron chi connectivity index (χ1n) is 8.26. The maximum Gasteiger partial charge on any atom is 0.338 e. The van der Waals surface area contributed by atoms with Gasteiger partial charge in [-0.3, -0.25) is 0 Å². The van der Waals surface area contributed by atoms with Crippen molar-refractivity contribution < 1.29 is 18.3 Å². The maximum absolute atomic E-state index is 14.3. The SMILES string of the molecule is CC1=C(C(=O)OC(C)C)C(c2c(F)cccc2F)NC(=S)N1C1CC1. The maximum atomic E-state index is 14.3. The third kappa shape index (κ3) is 3.38. The van der Waals surface area contributed by atoms with Gasteiger partial charge in [-0.25, -0.2) is 13.6 Å². The van der Waals surface area contributed by atoms with E-state index in [4.69, 9.17) is 17.0 Å². The van der Waals surface area contributed by atoms with Crippen molar-refractivity contribution in [3.63, 3.8) is 0 Å². The Bertz CT molecular complexity index is 739. The van der Waals surface area contributed by atoms with Crippen LogP contribution in [0.3, 0.4) is 0 Å². The third-order valence-corrected chi connectivity index (χ3v) is 4.60. The number of nitrogens with one attached hydrogen (secondary N) is 1. The molecular weight excluding hydrogens is 346 g/mol. The topological polar surface area (TPSA) is 41.6 Å². The number of nitrogens with zero attached hydrogens (tertiary/aromatic N) is 1. The normalized spacial score (nSPS) is 20.8. The number of hydrogen-bond acceptors (Lipinski definition) is 3. The zero-order chi connectivity index (χ0) is 18.3. The minimum atomic E-state index is -1.02. The summed E-state index contributed by atoms with van der Waals surface area (Å²) < 4.78 is 34.0. The predicted molar refractivity (Wildman–Crippen MR) is 93.6 cm³/mol. The van der Waals surface area contributed by atoms with Gasteiger partial charge in [0, 0.05) is 11.7 Å². The van der Waals surface area contributed by atoms with E-state index in [0.29, 0.717) is 10.8 Å². The second-order valence-corrected chi connectivity index (χ2v) is 6.96. The van der Waals surface area contributed by atoms with Crippen molar-refractivity contribution in [3.8, 4) is 0 Å². The van der Waals surface area contributed by atoms with Gasteiger partial charge in [-0.1, -0.05) is 6.07 Å². The molecule has 0 amide bonds. The van der Waals surface area contributed by atoms with Gasteiger partial charge in [-0.15, -0.1) is 0 Å². The number of esters is 1. The molecule has 25 heavy (non-hydrogen) atoms. The molecule has 0 saturated heterocycles. The lowest BCUT2D eigenvalue weighted by Crippen LogP contribution is -2.49. The molecule has 0 bridgehead atoms. The van der Waals surface area contributed by atoms with Gasteiger partial charge in [0.15, 0.2) is 5.11 Å². The summed E-state index contributed by atoms with van der Waals surface area (Å²) in [5.74, 6) is -2.06. The van der Waals surface area contributed by atoms with E-state index in [0.717, 1.165) is 25.0 Å². The summed E-state index contributed by atoms with van der Waals surface area (Å²) in [6, 6.07) is 2.81. The monoisotopic (exact) mass is 366 g/mol. The molecule has 1 fully saturated rings. The summed E-state index contributed by atoms with van der Waals surface area (Å²) >= 11 is 5.39. The van der Waals surface area contributed by atoms with E-state index in [1.54, 1.807) is 20.8 Å². The van der Waals surface area contributed by atoms with Crippen LogP contribution in [-0.2, 0) is 9.53 Å². The molecule has 0 spiro atoms. The molecule has 1 aliphatic heterocycles. The number of allylic oxidation sites excluding steroid dienone is 1. The summed E-state index contributed by atoms with van der Waals surface area (Å²) in [6.45, 7) is 5.20. The largest absolute Gasteiger partial charge is 0.459 e. The first-order valence-corrected chi connectivity index (χ1v) is 8.67. The van der Waals surface area contributed by atoms with Crippen LogP contribution in [0.5, 0.6) is 0 Å². The fraction of sp³-hybridized carbons (Fsp3) is 0.444. The van der Waals surface area contributed by atoms with Crippen molar-refractivity contribution in [3.05, 3.63) is 46.7 Å². The summed E-state index contributed by atoms with van der Waals surface area (Å²) in [5, 5.41) is 3.31. The molecule has 1 aromatic carbocycles. The lowest BCUT2D eigenvalue weighted by atomic mass is 9.94. The van der Waals surface area contributed by atoms with Crippen molar-refractivity contribution in [1.82, 2.24) is 10.2 Å². The molecule has 1 unspecified atom stereocenters. The lowest BCUT2D eigenvalue weighted by molar-refractivity contribution is -0.143. The number of halogens is 2. The quantitative estimate of drug-likeness (QED) is 0.652. The van der Waals surface area contributed by atoms with Crippen molar-refractivity contribution in [2.45, 2.75) is 51.8 Å². The molecule has 1 aliphatic carbocycles. The van der Waals surface area contributed by atoms with Crippen LogP contribution in [0.25, 0.3) is 0 Å². The van der Waals surface area contributed by atoms with Crippen LogP contribution in [-0.4, -0.2) is 28.1 Å². The van der Waals surface area contributed by atoms with Gasteiger partial charge >= 0.3 is 5.97 Å². The van der Waals surface area contributed by atoms with E-state index < -0.39 is 23.6 Å². The highest BCUT2D eigenvalue weighted by molar-refractivity contribution is 7.80. The Morgan fingerprint density at radius 2 is 1.92 bits per heavy atom. The van der Waals surface area contributed by atoms with E-state index in [2.05, 4.69) is 5.32 Å². The number of carbonyl (C=O) groups excluding carboxylic acids is 1. The molecular formula is C18H20F2N2O2S. The summed E-state index contributed by atoms with van der Waals surface area (Å²) in [5.41, 5.74) is 0.554. The van der Waals surface area contributed by atoms with Gasteiger partial charge in [0.2, 0.25) is 0 Å². The Morgan fingerprint density at radius 3 is 2.44 bits per heavy atom. The zero-order valence-electron chi connectivity index (χ0n) is 14.3. The molecule has 1 heterocycles. The summed E-state index contributed by atoms with van der Waals surface area (Å²) in [4.78, 5) is 14.5. The Labute approximate surface area is 150 Å². The van der Waals surface area contributed by atoms with Crippen LogP contribution >= 0.6 is 12.2 Å². The number of thiocarbonyl (C=S) groups is 1. The van der Waals surface area contributed by atoms with E-state index >= 15 is 0 Å². The van der Waals surface area contributed by atoms with E-state index in [1.807, 2.05) is 4.90 Å². The predicted octanol–water partition coefficient (Wildman–Crippen LogP) is 3.58. The van der Waals surface area contributed by atoms with Crippen LogP contribution in [0.1, 0.15) is 45.2 Å². The Kier molecular flexibility index (Phi) is 4.77. The zero-order valence-corrected chi connectivity index (χ0v) is 15.1. The van der Waals surface area contributed by atoms with Crippen LogP contribution in [0.2, 0.25) is 0 Å². The average Bonchev–Trinajstić information content (AvgIpc) is 3.30. The van der Waals surface area contributed by atoms with E-state index in [1.165, 1.54) is 6.07 Å². The van der Waals surface area contributed by atoms with Crippen molar-refractivity contribution in [2.24, 2.45) is 0 Å². The Balaban J connectivity index is 2.12. The van der Waals surface area contributed by atoms with Crippen LogP contribution < -0.4 is 5.32 Å². The number of carbonyl (C=O) groups is 1. The minimum absolute atomic E-state index is 0.193. The van der Waals surface area contributed by atoms with Gasteiger partial charge < -0.3 is 15.0 Å². The highest BCUT2D eigenvalue weighted by Crippen LogP contribution is 2.39. The first-order chi connectivity index (χ1) is 11.8. The first kappa shape index (κ1) is 17.8. The van der Waals surface area contributed by atoms with Gasteiger partial charge in [0.1, 0.15) is 11.6 Å². The molecule has 134 valence electrons. The molecule has 3 rings (SSSR count). The minimum Gasteiger partial charge on any atom is -0.459 e. The molecule has 1 atom stereocenters. The summed E-state index contributed by atoms with van der Waals surface area (Å²) in [6.07, 6.45) is 1.58. The second-order valence-electron chi connectivity index (χ2n) is 6.57. The van der Waals surface area contributed by atoms with Gasteiger partial charge in [0.25, 0.3) is 0 Å². The van der Waals surface area contributed by atoms with Gasteiger partial charge in [-0.2, -0.15) is 0 Å². The molecule has 1 aromatic rings. The van der Waals surface area contributed by atoms with Crippen LogP contribution in [0.4, 0.5) is 8.78 Å². The standard InChI is InChI=1S/C18H20F2N2O2S/c1-9(2)24-17(23)14-10(3)22(11-7-8-11)18(25)21-16(14)15-12(19)5-4-6-13(15)20/h4-6,9,11,16H,7-8H2,1-3H3,(H,21,25). The highest BCUT2D eigenvalue weighted by Gasteiger charge is 2.42. The number of ether oxygens (including phenoxy) is 1. The second kappa shape index (κ2) is 6.71. The fourth-order valence-corrected chi connectivity index (χ4v) is 3.48. The molecule has 0 radical (unpaired) electrons. The highest BCUT2D eigenvalue weighted by atomic mass is 32.1. The van der Waals surface area contributed by atoms with Crippen LogP contribution in [0.15, 0.2) is 29.5 Å². The molecule has 1 saturated carbocycles. The van der Waals surface area contributed by atoms with Gasteiger partial charge in [0.05, 0.1) is 23.3 Å². The number of rotatable bonds is 4. The summed E-state index contributed by atoms with van der Waals surface area (Å²) in [7, 11) is 0. The smallest absolute Gasteiger partial charge is 0.338 e. The molecule has 0 aromatic heterocycles. The van der Waals surface area contributed by atoms with Crippen LogP contribution in [0, 0.1) is 11.6 Å². The Hall–Kier alpha value is -2.02. The molecule has 1 N–H and O–H groups in total. The van der Waals surface area contributed by atoms with Crippen molar-refractivity contribution in [2.75, 3.05) is 0 Å². The number of benzene rings is 1. The Morgan fingerprint density at radius 1 is 1.32 bits per heavy atom. The molecule has 7 heteroatoms. The third-order valence-electron chi connectivity index (χ3n) is 4.29. The number of hydrogen-bond donors (Lipinski definition) is 1. The van der Waals surface area contributed by atoms with Crippen molar-refractivity contribution in [1.29, 1.82) is 0 Å². The van der Waals surface area contributed by atoms with Gasteiger partial charge in [-0.05, 0) is 58.0 Å².